The van der Waals surface area contributed by atoms with Crippen LogP contribution in [0.5, 0.6) is 0 Å². The lowest BCUT2D eigenvalue weighted by molar-refractivity contribution is 0.0960. The van der Waals surface area contributed by atoms with Crippen molar-refractivity contribution < 1.29 is 13.2 Å². The van der Waals surface area contributed by atoms with E-state index in [4.69, 9.17) is 5.73 Å². The van der Waals surface area contributed by atoms with Crippen molar-refractivity contribution in [1.29, 1.82) is 0 Å². The SMILES string of the molecule is Cc1sc(C(=O)NCCS(C)(=O)=O)cc1N. The molecular weight excluding hydrogens is 248 g/mol. The number of anilines is 1. The van der Waals surface area contributed by atoms with Gasteiger partial charge in [0.15, 0.2) is 0 Å². The van der Waals surface area contributed by atoms with E-state index in [1.807, 2.05) is 6.92 Å². The highest BCUT2D eigenvalue weighted by atomic mass is 32.2. The number of sulfone groups is 1. The van der Waals surface area contributed by atoms with Crippen molar-refractivity contribution >= 4 is 32.8 Å². The van der Waals surface area contributed by atoms with Gasteiger partial charge in [-0.2, -0.15) is 0 Å². The van der Waals surface area contributed by atoms with E-state index in [9.17, 15) is 13.2 Å². The monoisotopic (exact) mass is 262 g/mol. The van der Waals surface area contributed by atoms with E-state index in [1.165, 1.54) is 11.3 Å². The molecule has 3 N–H and O–H groups in total. The summed E-state index contributed by atoms with van der Waals surface area (Å²) in [5, 5.41) is 2.53. The molecule has 1 heterocycles. The van der Waals surface area contributed by atoms with Crippen LogP contribution in [0.15, 0.2) is 6.07 Å². The number of rotatable bonds is 4. The molecule has 0 aliphatic heterocycles. The Morgan fingerprint density at radius 2 is 2.19 bits per heavy atom. The average Bonchev–Trinajstić information content (AvgIpc) is 2.45. The van der Waals surface area contributed by atoms with Gasteiger partial charge in [-0.05, 0) is 13.0 Å². The van der Waals surface area contributed by atoms with E-state index >= 15 is 0 Å². The molecule has 0 spiro atoms. The molecule has 7 heteroatoms. The quantitative estimate of drug-likeness (QED) is 0.822. The van der Waals surface area contributed by atoms with Crippen LogP contribution in [0.1, 0.15) is 14.5 Å². The smallest absolute Gasteiger partial charge is 0.261 e. The second kappa shape index (κ2) is 4.84. The fourth-order valence-electron chi connectivity index (χ4n) is 1.05. The first kappa shape index (κ1) is 13.0. The van der Waals surface area contributed by atoms with Crippen LogP contribution in [0.3, 0.4) is 0 Å². The topological polar surface area (TPSA) is 89.3 Å². The number of aryl methyl sites for hydroxylation is 1. The Balaban J connectivity index is 2.54. The summed E-state index contributed by atoms with van der Waals surface area (Å²) in [4.78, 5) is 12.9. The Labute approximate surface area is 98.6 Å². The lowest BCUT2D eigenvalue weighted by Gasteiger charge is -2.01. The Morgan fingerprint density at radius 3 is 2.62 bits per heavy atom. The van der Waals surface area contributed by atoms with Crippen molar-refractivity contribution in [2.24, 2.45) is 0 Å². The van der Waals surface area contributed by atoms with E-state index in [0.29, 0.717) is 10.6 Å². The van der Waals surface area contributed by atoms with Crippen LogP contribution in [0.2, 0.25) is 0 Å². The average molecular weight is 262 g/mol. The minimum atomic E-state index is -3.04. The van der Waals surface area contributed by atoms with Crippen molar-refractivity contribution in [2.45, 2.75) is 6.92 Å². The minimum Gasteiger partial charge on any atom is -0.398 e. The predicted molar refractivity (Wildman–Crippen MR) is 65.5 cm³/mol. The zero-order valence-electron chi connectivity index (χ0n) is 9.11. The molecule has 0 radical (unpaired) electrons. The molecule has 0 atom stereocenters. The van der Waals surface area contributed by atoms with Gasteiger partial charge in [0, 0.05) is 23.4 Å². The molecule has 5 nitrogen and oxygen atoms in total. The maximum Gasteiger partial charge on any atom is 0.261 e. The Morgan fingerprint density at radius 1 is 1.56 bits per heavy atom. The van der Waals surface area contributed by atoms with E-state index in [2.05, 4.69) is 5.32 Å². The number of nitrogens with one attached hydrogen (secondary N) is 1. The Hall–Kier alpha value is -1.08. The van der Waals surface area contributed by atoms with Crippen LogP contribution in [-0.4, -0.2) is 32.9 Å². The molecular formula is C9H14N2O3S2. The zero-order chi connectivity index (χ0) is 12.3. The van der Waals surface area contributed by atoms with E-state index < -0.39 is 9.84 Å². The second-order valence-corrected chi connectivity index (χ2v) is 7.02. The molecule has 90 valence electrons. The molecule has 0 fully saturated rings. The van der Waals surface area contributed by atoms with Gasteiger partial charge in [-0.1, -0.05) is 0 Å². The number of hydrogen-bond donors (Lipinski definition) is 2. The van der Waals surface area contributed by atoms with Gasteiger partial charge in [-0.25, -0.2) is 8.42 Å². The van der Waals surface area contributed by atoms with Crippen LogP contribution in [0.25, 0.3) is 0 Å². The first-order valence-electron chi connectivity index (χ1n) is 4.61. The summed E-state index contributed by atoms with van der Waals surface area (Å²) < 4.78 is 21.7. The Bertz CT molecular complexity index is 471. The van der Waals surface area contributed by atoms with Crippen molar-refractivity contribution in [1.82, 2.24) is 5.32 Å². The second-order valence-electron chi connectivity index (χ2n) is 3.51. The summed E-state index contributed by atoms with van der Waals surface area (Å²) in [6, 6.07) is 1.59. The van der Waals surface area contributed by atoms with Crippen LogP contribution in [0, 0.1) is 6.92 Å². The summed E-state index contributed by atoms with van der Waals surface area (Å²) in [5.41, 5.74) is 6.19. The first-order valence-corrected chi connectivity index (χ1v) is 7.49. The number of nitrogens with two attached hydrogens (primary N) is 1. The van der Waals surface area contributed by atoms with Crippen LogP contribution in [-0.2, 0) is 9.84 Å². The third kappa shape index (κ3) is 3.82. The summed E-state index contributed by atoms with van der Waals surface area (Å²) in [5.74, 6) is -0.341. The normalized spacial score (nSPS) is 11.4. The number of carbonyl (C=O) groups excluding carboxylic acids is 1. The van der Waals surface area contributed by atoms with Crippen LogP contribution >= 0.6 is 11.3 Å². The number of nitrogen functional groups attached to an aromatic ring is 1. The molecule has 1 amide bonds. The van der Waals surface area contributed by atoms with Crippen molar-refractivity contribution in [3.05, 3.63) is 15.8 Å². The maximum absolute atomic E-state index is 11.5. The van der Waals surface area contributed by atoms with Gasteiger partial charge < -0.3 is 11.1 Å². The molecule has 1 aromatic rings. The molecule has 0 saturated carbocycles. The fourth-order valence-corrected chi connectivity index (χ4v) is 2.38. The predicted octanol–water partition coefficient (Wildman–Crippen LogP) is 0.413. The Kier molecular flexibility index (Phi) is 3.93. The van der Waals surface area contributed by atoms with Crippen molar-refractivity contribution in [2.75, 3.05) is 24.3 Å². The largest absolute Gasteiger partial charge is 0.398 e. The lowest BCUT2D eigenvalue weighted by Crippen LogP contribution is -2.28. The van der Waals surface area contributed by atoms with Gasteiger partial charge in [0.05, 0.1) is 10.6 Å². The molecule has 0 aliphatic rings. The minimum absolute atomic E-state index is 0.0570. The van der Waals surface area contributed by atoms with Gasteiger partial charge in [0.2, 0.25) is 0 Å². The molecule has 0 unspecified atom stereocenters. The highest BCUT2D eigenvalue weighted by Gasteiger charge is 2.11. The van der Waals surface area contributed by atoms with Crippen LogP contribution < -0.4 is 11.1 Å². The van der Waals surface area contributed by atoms with Crippen molar-refractivity contribution in [3.63, 3.8) is 0 Å². The van der Waals surface area contributed by atoms with Gasteiger partial charge >= 0.3 is 0 Å². The summed E-state index contributed by atoms with van der Waals surface area (Å²) in [7, 11) is -3.04. The molecule has 0 aromatic carbocycles. The molecule has 16 heavy (non-hydrogen) atoms. The van der Waals surface area contributed by atoms with Gasteiger partial charge in [0.1, 0.15) is 9.84 Å². The van der Waals surface area contributed by atoms with Crippen molar-refractivity contribution in [3.8, 4) is 0 Å². The number of carbonyl (C=O) groups is 1. The molecule has 0 bridgehead atoms. The van der Waals surface area contributed by atoms with Crippen LogP contribution in [0.4, 0.5) is 5.69 Å². The summed E-state index contributed by atoms with van der Waals surface area (Å²) in [6.07, 6.45) is 1.13. The van der Waals surface area contributed by atoms with E-state index in [-0.39, 0.29) is 18.2 Å². The molecule has 1 rings (SSSR count). The number of amides is 1. The highest BCUT2D eigenvalue weighted by molar-refractivity contribution is 7.90. The number of thiophene rings is 1. The highest BCUT2D eigenvalue weighted by Crippen LogP contribution is 2.22. The third-order valence-corrected chi connectivity index (χ3v) is 3.95. The maximum atomic E-state index is 11.5. The molecule has 0 aliphatic carbocycles. The molecule has 1 aromatic heterocycles. The van der Waals surface area contributed by atoms with E-state index in [0.717, 1.165) is 11.1 Å². The third-order valence-electron chi connectivity index (χ3n) is 1.94. The first-order chi connectivity index (χ1) is 7.29. The standard InChI is InChI=1S/C9H14N2O3S2/c1-6-7(10)5-8(15-6)9(12)11-3-4-16(2,13)14/h5H,3-4,10H2,1-2H3,(H,11,12). The number of hydrogen-bond acceptors (Lipinski definition) is 5. The summed E-state index contributed by atoms with van der Waals surface area (Å²) >= 11 is 1.29. The molecule has 0 saturated heterocycles. The van der Waals surface area contributed by atoms with Gasteiger partial charge in [-0.15, -0.1) is 11.3 Å². The zero-order valence-corrected chi connectivity index (χ0v) is 10.7. The van der Waals surface area contributed by atoms with E-state index in [1.54, 1.807) is 6.07 Å². The van der Waals surface area contributed by atoms with Gasteiger partial charge in [-0.3, -0.25) is 4.79 Å². The van der Waals surface area contributed by atoms with Gasteiger partial charge in [0.25, 0.3) is 5.91 Å². The lowest BCUT2D eigenvalue weighted by atomic mass is 10.3. The summed E-state index contributed by atoms with van der Waals surface area (Å²) in [6.45, 7) is 1.95. The fraction of sp³-hybridized carbons (Fsp3) is 0.444.